The molecule has 3 N–H and O–H groups in total. The zero-order valence-electron chi connectivity index (χ0n) is 11.1. The summed E-state index contributed by atoms with van der Waals surface area (Å²) in [5.74, 6) is -0.304. The van der Waals surface area contributed by atoms with Crippen LogP contribution < -0.4 is 0 Å². The molecule has 0 unspecified atom stereocenters. The van der Waals surface area contributed by atoms with Crippen LogP contribution in [0.25, 0.3) is 6.08 Å². The van der Waals surface area contributed by atoms with E-state index in [9.17, 15) is 15.0 Å². The van der Waals surface area contributed by atoms with Gasteiger partial charge in [0.25, 0.3) is 0 Å². The van der Waals surface area contributed by atoms with E-state index in [1.165, 1.54) is 24.3 Å². The summed E-state index contributed by atoms with van der Waals surface area (Å²) in [5.41, 5.74) is 1.13. The van der Waals surface area contributed by atoms with E-state index in [1.807, 2.05) is 0 Å². The Morgan fingerprint density at radius 1 is 0.952 bits per heavy atom. The Kier molecular flexibility index (Phi) is 4.41. The molecule has 1 aromatic rings. The monoisotopic (exact) mass is 282 g/mol. The van der Waals surface area contributed by atoms with E-state index in [4.69, 9.17) is 5.11 Å². The van der Waals surface area contributed by atoms with E-state index in [0.717, 1.165) is 6.08 Å². The van der Waals surface area contributed by atoms with Gasteiger partial charge < -0.3 is 15.3 Å². The molecule has 0 heterocycles. The lowest BCUT2D eigenvalue weighted by atomic mass is 10.1. The molecule has 0 spiro atoms. The Hall–Kier alpha value is -3.01. The average molecular weight is 282 g/mol. The average Bonchev–Trinajstić information content (AvgIpc) is 2.42. The molecule has 4 heteroatoms. The topological polar surface area (TPSA) is 77.8 Å². The van der Waals surface area contributed by atoms with Crippen molar-refractivity contribution in [2.75, 3.05) is 0 Å². The zero-order chi connectivity index (χ0) is 15.2. The summed E-state index contributed by atoms with van der Waals surface area (Å²) < 4.78 is 0. The summed E-state index contributed by atoms with van der Waals surface area (Å²) in [6.07, 6.45) is 12.5. The van der Waals surface area contributed by atoms with Crippen molar-refractivity contribution in [2.45, 2.75) is 0 Å². The minimum atomic E-state index is -0.240. The van der Waals surface area contributed by atoms with E-state index in [-0.39, 0.29) is 23.0 Å². The predicted molar refractivity (Wildman–Crippen MR) is 80.9 cm³/mol. The molecule has 0 atom stereocenters. The van der Waals surface area contributed by atoms with Gasteiger partial charge in [-0.2, -0.15) is 0 Å². The number of phenols is 2. The molecule has 0 fully saturated rings. The van der Waals surface area contributed by atoms with Crippen LogP contribution in [0, 0.1) is 0 Å². The largest absolute Gasteiger partial charge is 0.508 e. The van der Waals surface area contributed by atoms with Crippen LogP contribution in [0.1, 0.15) is 5.56 Å². The highest BCUT2D eigenvalue weighted by atomic mass is 16.3. The van der Waals surface area contributed by atoms with Gasteiger partial charge in [-0.1, -0.05) is 30.4 Å². The Bertz CT molecular complexity index is 704. The van der Waals surface area contributed by atoms with Crippen LogP contribution in [-0.2, 0) is 4.79 Å². The van der Waals surface area contributed by atoms with Gasteiger partial charge in [-0.05, 0) is 24.3 Å². The Balaban J connectivity index is 2.03. The maximum atomic E-state index is 11.0. The fraction of sp³-hybridized carbons (Fsp3) is 0. The highest BCUT2D eigenvalue weighted by molar-refractivity contribution is 6.01. The lowest BCUT2D eigenvalue weighted by Gasteiger charge is -2.03. The van der Waals surface area contributed by atoms with Crippen LogP contribution in [0.5, 0.6) is 11.5 Å². The van der Waals surface area contributed by atoms with Crippen molar-refractivity contribution in [2.24, 2.45) is 0 Å². The number of aliphatic hydroxyl groups excluding tert-OH is 1. The number of rotatable bonds is 3. The molecule has 1 aliphatic rings. The number of hydrogen-bond acceptors (Lipinski definition) is 4. The fourth-order valence-corrected chi connectivity index (χ4v) is 1.72. The molecule has 1 aromatic carbocycles. The van der Waals surface area contributed by atoms with Gasteiger partial charge in [-0.3, -0.25) is 4.79 Å². The van der Waals surface area contributed by atoms with Gasteiger partial charge in [0.2, 0.25) is 0 Å². The van der Waals surface area contributed by atoms with Crippen LogP contribution in [0.15, 0.2) is 72.1 Å². The van der Waals surface area contributed by atoms with Crippen LogP contribution in [0.3, 0.4) is 0 Å². The summed E-state index contributed by atoms with van der Waals surface area (Å²) >= 11 is 0. The lowest BCUT2D eigenvalue weighted by molar-refractivity contribution is -0.110. The third kappa shape index (κ3) is 3.98. The van der Waals surface area contributed by atoms with Gasteiger partial charge in [0.05, 0.1) is 0 Å². The number of benzene rings is 1. The Morgan fingerprint density at radius 3 is 2.48 bits per heavy atom. The fourth-order valence-electron chi connectivity index (χ4n) is 1.72. The molecular weight excluding hydrogens is 268 g/mol. The molecule has 4 nitrogen and oxygen atoms in total. The quantitative estimate of drug-likeness (QED) is 0.744. The van der Waals surface area contributed by atoms with Crippen LogP contribution in [0.4, 0.5) is 0 Å². The standard InChI is InChI=1S/C17H14O4/c18-14-8-6-12(16(20)10-14)4-2-1-3-5-13-7-9-15(19)11-17(13)21/h1-11,18,20-21H/b3-1-,4-2-,13-5-. The van der Waals surface area contributed by atoms with Crippen molar-refractivity contribution in [1.29, 1.82) is 0 Å². The van der Waals surface area contributed by atoms with E-state index in [0.29, 0.717) is 11.1 Å². The number of hydrogen-bond donors (Lipinski definition) is 3. The first kappa shape index (κ1) is 14.4. The first-order valence-electron chi connectivity index (χ1n) is 6.26. The molecule has 0 amide bonds. The molecule has 106 valence electrons. The minimum absolute atomic E-state index is 0.00539. The summed E-state index contributed by atoms with van der Waals surface area (Å²) in [6.45, 7) is 0. The Morgan fingerprint density at radius 2 is 1.76 bits per heavy atom. The van der Waals surface area contributed by atoms with Crippen molar-refractivity contribution in [1.82, 2.24) is 0 Å². The van der Waals surface area contributed by atoms with Gasteiger partial charge in [0.1, 0.15) is 17.3 Å². The van der Waals surface area contributed by atoms with Crippen molar-refractivity contribution in [3.63, 3.8) is 0 Å². The van der Waals surface area contributed by atoms with E-state index in [1.54, 1.807) is 36.4 Å². The van der Waals surface area contributed by atoms with E-state index >= 15 is 0 Å². The molecule has 1 aliphatic carbocycles. The SMILES string of the molecule is O=C1C=C/C(=C/C=C\C=C/c2ccc(O)cc2O)C(O)=C1. The third-order valence-corrected chi connectivity index (χ3v) is 2.79. The summed E-state index contributed by atoms with van der Waals surface area (Å²) in [6, 6.07) is 4.34. The van der Waals surface area contributed by atoms with Gasteiger partial charge in [-0.25, -0.2) is 0 Å². The highest BCUT2D eigenvalue weighted by Gasteiger charge is 2.06. The van der Waals surface area contributed by atoms with Gasteiger partial charge in [0.15, 0.2) is 5.78 Å². The van der Waals surface area contributed by atoms with Crippen molar-refractivity contribution in [3.05, 3.63) is 77.6 Å². The number of allylic oxidation sites excluding steroid dienone is 7. The predicted octanol–water partition coefficient (Wildman–Crippen LogP) is 3.17. The minimum Gasteiger partial charge on any atom is -0.508 e. The molecule has 0 aromatic heterocycles. The smallest absolute Gasteiger partial charge is 0.182 e. The van der Waals surface area contributed by atoms with E-state index < -0.39 is 0 Å². The first-order valence-corrected chi connectivity index (χ1v) is 6.26. The lowest BCUT2D eigenvalue weighted by Crippen LogP contribution is -1.98. The summed E-state index contributed by atoms with van der Waals surface area (Å²) in [4.78, 5) is 11.0. The molecule has 21 heavy (non-hydrogen) atoms. The molecule has 0 saturated carbocycles. The molecule has 0 bridgehead atoms. The number of carbonyl (C=O) groups is 1. The molecule has 0 aliphatic heterocycles. The molecule has 2 rings (SSSR count). The van der Waals surface area contributed by atoms with Gasteiger partial charge in [0, 0.05) is 23.3 Å². The number of phenolic OH excluding ortho intramolecular Hbond substituents is 2. The molecular formula is C17H14O4. The maximum absolute atomic E-state index is 11.0. The molecule has 0 radical (unpaired) electrons. The Labute approximate surface area is 122 Å². The van der Waals surface area contributed by atoms with Crippen LogP contribution in [0.2, 0.25) is 0 Å². The number of aromatic hydroxyl groups is 2. The van der Waals surface area contributed by atoms with E-state index in [2.05, 4.69) is 0 Å². The normalized spacial score (nSPS) is 17.0. The first-order chi connectivity index (χ1) is 10.1. The summed E-state index contributed by atoms with van der Waals surface area (Å²) in [5, 5.41) is 28.3. The second kappa shape index (κ2) is 6.43. The second-order valence-corrected chi connectivity index (χ2v) is 4.37. The van der Waals surface area contributed by atoms with Crippen molar-refractivity contribution >= 4 is 11.9 Å². The molecule has 0 saturated heterocycles. The highest BCUT2D eigenvalue weighted by Crippen LogP contribution is 2.23. The van der Waals surface area contributed by atoms with Gasteiger partial charge >= 0.3 is 0 Å². The van der Waals surface area contributed by atoms with Crippen LogP contribution >= 0.6 is 0 Å². The third-order valence-electron chi connectivity index (χ3n) is 2.79. The van der Waals surface area contributed by atoms with Gasteiger partial charge in [-0.15, -0.1) is 0 Å². The zero-order valence-corrected chi connectivity index (χ0v) is 11.1. The maximum Gasteiger partial charge on any atom is 0.182 e. The second-order valence-electron chi connectivity index (χ2n) is 4.37. The number of aliphatic hydroxyl groups is 1. The van der Waals surface area contributed by atoms with Crippen molar-refractivity contribution < 1.29 is 20.1 Å². The van der Waals surface area contributed by atoms with Crippen molar-refractivity contribution in [3.8, 4) is 11.5 Å². The number of ketones is 1. The van der Waals surface area contributed by atoms with Crippen LogP contribution in [-0.4, -0.2) is 21.1 Å². The summed E-state index contributed by atoms with van der Waals surface area (Å²) in [7, 11) is 0. The number of carbonyl (C=O) groups excluding carboxylic acids is 1.